The van der Waals surface area contributed by atoms with Crippen molar-refractivity contribution in [2.24, 2.45) is 0 Å². The van der Waals surface area contributed by atoms with E-state index >= 15 is 0 Å². The molecule has 0 aromatic heterocycles. The van der Waals surface area contributed by atoms with Crippen molar-refractivity contribution in [1.82, 2.24) is 0 Å². The molecule has 0 saturated heterocycles. The van der Waals surface area contributed by atoms with Gasteiger partial charge in [-0.1, -0.05) is 11.6 Å². The van der Waals surface area contributed by atoms with Gasteiger partial charge in [0, 0.05) is 21.8 Å². The van der Waals surface area contributed by atoms with E-state index in [9.17, 15) is 14.7 Å². The number of hydrogen-bond donors (Lipinski definition) is 2. The summed E-state index contributed by atoms with van der Waals surface area (Å²) in [6.07, 6.45) is -0.397. The molecule has 1 atom stereocenters. The largest absolute Gasteiger partial charge is 0.486 e. The van der Waals surface area contributed by atoms with E-state index in [0.29, 0.717) is 46.5 Å². The SMILES string of the molecule is O=C(C[C@]1(O)C(=O)Nc2ccc(Cl)cc21)c1ccc2c(c1)OCCO2. The first-order valence-electron chi connectivity index (χ1n) is 7.74. The van der Waals surface area contributed by atoms with Gasteiger partial charge in [-0.2, -0.15) is 0 Å². The molecule has 2 N–H and O–H groups in total. The van der Waals surface area contributed by atoms with Crippen LogP contribution in [-0.4, -0.2) is 30.0 Å². The van der Waals surface area contributed by atoms with Gasteiger partial charge in [0.25, 0.3) is 5.91 Å². The predicted octanol–water partition coefficient (Wildman–Crippen LogP) is 2.52. The molecule has 1 amide bonds. The fraction of sp³-hybridized carbons (Fsp3) is 0.222. The Balaban J connectivity index is 1.65. The topological polar surface area (TPSA) is 84.9 Å². The van der Waals surface area contributed by atoms with Crippen LogP contribution in [0, 0.1) is 0 Å². The number of hydrogen-bond acceptors (Lipinski definition) is 5. The fourth-order valence-corrected chi connectivity index (χ4v) is 3.21. The van der Waals surface area contributed by atoms with Gasteiger partial charge in [-0.05, 0) is 36.4 Å². The summed E-state index contributed by atoms with van der Waals surface area (Å²) in [5.74, 6) is 0.0127. The van der Waals surface area contributed by atoms with Crippen LogP contribution in [0.4, 0.5) is 5.69 Å². The van der Waals surface area contributed by atoms with Crippen molar-refractivity contribution in [1.29, 1.82) is 0 Å². The minimum atomic E-state index is -1.95. The van der Waals surface area contributed by atoms with E-state index in [4.69, 9.17) is 21.1 Å². The molecule has 2 aliphatic rings. The summed E-state index contributed by atoms with van der Waals surface area (Å²) >= 11 is 5.97. The first-order valence-corrected chi connectivity index (χ1v) is 8.12. The zero-order valence-electron chi connectivity index (χ0n) is 13.0. The van der Waals surface area contributed by atoms with E-state index < -0.39 is 17.9 Å². The predicted molar refractivity (Wildman–Crippen MR) is 90.4 cm³/mol. The molecular weight excluding hydrogens is 346 g/mol. The average Bonchev–Trinajstić information content (AvgIpc) is 2.85. The van der Waals surface area contributed by atoms with Crippen molar-refractivity contribution in [3.05, 3.63) is 52.5 Å². The Morgan fingerprint density at radius 2 is 1.92 bits per heavy atom. The standard InChI is InChI=1S/C18H14ClNO5/c19-11-2-3-13-12(8-11)18(23,17(22)20-13)9-14(21)10-1-4-15-16(7-10)25-6-5-24-15/h1-4,7-8,23H,5-6,9H2,(H,20,22)/t18-/m1/s1. The summed E-state index contributed by atoms with van der Waals surface area (Å²) in [6.45, 7) is 0.862. The normalized spacial score (nSPS) is 20.8. The van der Waals surface area contributed by atoms with Crippen LogP contribution < -0.4 is 14.8 Å². The van der Waals surface area contributed by atoms with Crippen molar-refractivity contribution >= 4 is 29.0 Å². The fourth-order valence-electron chi connectivity index (χ4n) is 3.04. The van der Waals surface area contributed by atoms with Crippen LogP contribution in [0.15, 0.2) is 36.4 Å². The maximum Gasteiger partial charge on any atom is 0.261 e. The summed E-state index contributed by atoms with van der Waals surface area (Å²) in [4.78, 5) is 24.9. The van der Waals surface area contributed by atoms with Crippen molar-refractivity contribution in [2.45, 2.75) is 12.0 Å². The van der Waals surface area contributed by atoms with Gasteiger partial charge >= 0.3 is 0 Å². The molecule has 2 aliphatic heterocycles. The summed E-state index contributed by atoms with van der Waals surface area (Å²) in [5.41, 5.74) is -0.867. The van der Waals surface area contributed by atoms with Crippen LogP contribution in [0.2, 0.25) is 5.02 Å². The number of halogens is 1. The number of nitrogens with one attached hydrogen (secondary N) is 1. The minimum Gasteiger partial charge on any atom is -0.486 e. The number of ketones is 1. The zero-order chi connectivity index (χ0) is 17.6. The molecule has 2 aromatic carbocycles. The van der Waals surface area contributed by atoms with Gasteiger partial charge < -0.3 is 19.9 Å². The van der Waals surface area contributed by atoms with Crippen molar-refractivity contribution in [2.75, 3.05) is 18.5 Å². The number of aliphatic hydroxyl groups is 1. The molecule has 0 unspecified atom stereocenters. The number of amides is 1. The Morgan fingerprint density at radius 1 is 1.16 bits per heavy atom. The molecule has 0 bridgehead atoms. The molecule has 7 heteroatoms. The van der Waals surface area contributed by atoms with Crippen LogP contribution in [0.3, 0.4) is 0 Å². The smallest absolute Gasteiger partial charge is 0.261 e. The first-order chi connectivity index (χ1) is 12.0. The number of anilines is 1. The molecule has 0 radical (unpaired) electrons. The quantitative estimate of drug-likeness (QED) is 0.823. The lowest BCUT2D eigenvalue weighted by molar-refractivity contribution is -0.133. The number of benzene rings is 2. The lowest BCUT2D eigenvalue weighted by Crippen LogP contribution is -2.36. The second-order valence-electron chi connectivity index (χ2n) is 5.96. The maximum atomic E-state index is 12.7. The molecule has 0 fully saturated rings. The van der Waals surface area contributed by atoms with Crippen molar-refractivity contribution in [3.8, 4) is 11.5 Å². The lowest BCUT2D eigenvalue weighted by atomic mass is 9.88. The van der Waals surface area contributed by atoms with Gasteiger partial charge in [0.1, 0.15) is 13.2 Å². The number of carbonyl (C=O) groups is 2. The monoisotopic (exact) mass is 359 g/mol. The number of rotatable bonds is 3. The van der Waals surface area contributed by atoms with Gasteiger partial charge in [0.15, 0.2) is 22.9 Å². The van der Waals surface area contributed by atoms with Gasteiger partial charge in [0.05, 0.1) is 6.42 Å². The summed E-state index contributed by atoms with van der Waals surface area (Å²) in [5, 5.41) is 13.8. The van der Waals surface area contributed by atoms with Gasteiger partial charge in [-0.15, -0.1) is 0 Å². The molecule has 0 saturated carbocycles. The van der Waals surface area contributed by atoms with Gasteiger partial charge in [0.2, 0.25) is 0 Å². The lowest BCUT2D eigenvalue weighted by Gasteiger charge is -2.21. The Hall–Kier alpha value is -2.57. The second kappa shape index (κ2) is 5.75. The third kappa shape index (κ3) is 2.63. The van der Waals surface area contributed by atoms with Crippen LogP contribution in [0.25, 0.3) is 0 Å². The molecule has 0 spiro atoms. The molecule has 0 aliphatic carbocycles. The molecule has 2 aromatic rings. The molecule has 6 nitrogen and oxygen atoms in total. The first kappa shape index (κ1) is 15.9. The van der Waals surface area contributed by atoms with Crippen LogP contribution in [-0.2, 0) is 10.4 Å². The average molecular weight is 360 g/mol. The summed E-state index contributed by atoms with van der Waals surface area (Å²) in [6, 6.07) is 9.49. The summed E-state index contributed by atoms with van der Waals surface area (Å²) < 4.78 is 10.9. The molecule has 25 heavy (non-hydrogen) atoms. The van der Waals surface area contributed by atoms with Gasteiger partial charge in [-0.25, -0.2) is 0 Å². The van der Waals surface area contributed by atoms with E-state index in [-0.39, 0.29) is 5.78 Å². The molecule has 128 valence electrons. The Kier molecular flexibility index (Phi) is 3.67. The summed E-state index contributed by atoms with van der Waals surface area (Å²) in [7, 11) is 0. The number of carbonyl (C=O) groups excluding carboxylic acids is 2. The minimum absolute atomic E-state index is 0.302. The van der Waals surface area contributed by atoms with Crippen LogP contribution >= 0.6 is 11.6 Å². The van der Waals surface area contributed by atoms with E-state index in [2.05, 4.69) is 5.32 Å². The van der Waals surface area contributed by atoms with E-state index in [1.807, 2.05) is 0 Å². The van der Waals surface area contributed by atoms with Crippen LogP contribution in [0.5, 0.6) is 11.5 Å². The van der Waals surface area contributed by atoms with Gasteiger partial charge in [-0.3, -0.25) is 9.59 Å². The zero-order valence-corrected chi connectivity index (χ0v) is 13.8. The number of ether oxygens (including phenoxy) is 2. The highest BCUT2D eigenvalue weighted by Crippen LogP contribution is 2.41. The highest BCUT2D eigenvalue weighted by molar-refractivity contribution is 6.31. The third-order valence-electron chi connectivity index (χ3n) is 4.33. The Morgan fingerprint density at radius 3 is 2.72 bits per heavy atom. The highest BCUT2D eigenvalue weighted by atomic mass is 35.5. The van der Waals surface area contributed by atoms with E-state index in [1.165, 1.54) is 6.07 Å². The molecule has 4 rings (SSSR count). The highest BCUT2D eigenvalue weighted by Gasteiger charge is 2.47. The second-order valence-corrected chi connectivity index (χ2v) is 6.40. The molecular formula is C18H14ClNO5. The van der Waals surface area contributed by atoms with Crippen LogP contribution in [0.1, 0.15) is 22.3 Å². The van der Waals surface area contributed by atoms with Crippen molar-refractivity contribution < 1.29 is 24.2 Å². The van der Waals surface area contributed by atoms with E-state index in [1.54, 1.807) is 30.3 Å². The number of fused-ring (bicyclic) bond motifs is 2. The third-order valence-corrected chi connectivity index (χ3v) is 4.57. The Labute approximate surface area is 148 Å². The Bertz CT molecular complexity index is 897. The maximum absolute atomic E-state index is 12.7. The van der Waals surface area contributed by atoms with Crippen molar-refractivity contribution in [3.63, 3.8) is 0 Å². The molecule has 2 heterocycles. The number of Topliss-reactive ketones (excluding diaryl/α,β-unsaturated/α-hetero) is 1. The van der Waals surface area contributed by atoms with E-state index in [0.717, 1.165) is 0 Å².